The van der Waals surface area contributed by atoms with Crippen LogP contribution in [-0.2, 0) is 9.53 Å². The van der Waals surface area contributed by atoms with Gasteiger partial charge in [0.15, 0.2) is 0 Å². The molecule has 0 fully saturated rings. The minimum atomic E-state index is -0.880. The molecule has 7 nitrogen and oxygen atoms in total. The quantitative estimate of drug-likeness (QED) is 0.634. The number of benzene rings is 1. The molecule has 1 aromatic carbocycles. The molecule has 0 bridgehead atoms. The lowest BCUT2D eigenvalue weighted by molar-refractivity contribution is -0.148. The first-order chi connectivity index (χ1) is 13.6. The summed E-state index contributed by atoms with van der Waals surface area (Å²) in [6, 6.07) is 10.9. The average molecular weight is 395 g/mol. The number of nitrogens with zero attached hydrogens (tertiary/aromatic N) is 3. The Hall–Kier alpha value is -3.26. The minimum Gasteiger partial charge on any atom is -0.475 e. The molecule has 0 spiro atoms. The van der Waals surface area contributed by atoms with Gasteiger partial charge in [-0.15, -0.1) is 11.3 Å². The largest absolute Gasteiger partial charge is 0.475 e. The van der Waals surface area contributed by atoms with Crippen LogP contribution in [0.15, 0.2) is 48.8 Å². The molecule has 0 unspecified atom stereocenters. The van der Waals surface area contributed by atoms with Crippen molar-refractivity contribution < 1.29 is 19.1 Å². The molecular weight excluding hydrogens is 378 g/mol. The number of pyridine rings is 1. The second-order valence-electron chi connectivity index (χ2n) is 6.19. The summed E-state index contributed by atoms with van der Waals surface area (Å²) in [5.74, 6) is -0.286. The van der Waals surface area contributed by atoms with E-state index < -0.39 is 12.1 Å². The van der Waals surface area contributed by atoms with Crippen LogP contribution in [0.1, 0.15) is 15.4 Å². The van der Waals surface area contributed by atoms with Crippen LogP contribution in [0.2, 0.25) is 0 Å². The van der Waals surface area contributed by atoms with Crippen LogP contribution < -0.4 is 9.64 Å². The molecule has 3 heterocycles. The van der Waals surface area contributed by atoms with Gasteiger partial charge in [0.05, 0.1) is 25.0 Å². The number of ether oxygens (including phenoxy) is 2. The highest BCUT2D eigenvalue weighted by atomic mass is 32.1. The Morgan fingerprint density at radius 2 is 2.07 bits per heavy atom. The summed E-state index contributed by atoms with van der Waals surface area (Å²) in [6.07, 6.45) is 2.52. The fourth-order valence-corrected chi connectivity index (χ4v) is 4.02. The summed E-state index contributed by atoms with van der Waals surface area (Å²) in [4.78, 5) is 36.1. The minimum absolute atomic E-state index is 0.0715. The second-order valence-corrected chi connectivity index (χ2v) is 7.19. The monoisotopic (exact) mass is 395 g/mol. The van der Waals surface area contributed by atoms with E-state index in [1.165, 1.54) is 18.4 Å². The molecule has 8 heteroatoms. The molecule has 1 aliphatic rings. The number of fused-ring (bicyclic) bond motifs is 1. The van der Waals surface area contributed by atoms with Gasteiger partial charge in [-0.1, -0.05) is 12.1 Å². The molecule has 1 atom stereocenters. The maximum absolute atomic E-state index is 13.4. The van der Waals surface area contributed by atoms with Gasteiger partial charge < -0.3 is 9.47 Å². The van der Waals surface area contributed by atoms with Crippen LogP contribution in [0.25, 0.3) is 10.6 Å². The molecule has 0 saturated carbocycles. The van der Waals surface area contributed by atoms with Crippen molar-refractivity contribution in [3.8, 4) is 16.3 Å². The number of aryl methyl sites for hydroxylation is 1. The zero-order valence-electron chi connectivity index (χ0n) is 15.3. The Bertz CT molecular complexity index is 1030. The van der Waals surface area contributed by atoms with E-state index in [1.807, 2.05) is 18.2 Å². The zero-order chi connectivity index (χ0) is 19.7. The highest BCUT2D eigenvalue weighted by molar-refractivity contribution is 7.17. The zero-order valence-corrected chi connectivity index (χ0v) is 16.1. The fraction of sp³-hybridized carbons (Fsp3) is 0.200. The molecule has 0 saturated heterocycles. The van der Waals surface area contributed by atoms with Crippen molar-refractivity contribution in [3.63, 3.8) is 0 Å². The van der Waals surface area contributed by atoms with Crippen molar-refractivity contribution in [2.75, 3.05) is 18.6 Å². The van der Waals surface area contributed by atoms with Gasteiger partial charge in [-0.3, -0.25) is 14.7 Å². The Labute approximate surface area is 165 Å². The Balaban J connectivity index is 1.71. The van der Waals surface area contributed by atoms with E-state index in [0.717, 1.165) is 10.6 Å². The lowest BCUT2D eigenvalue weighted by atomic mass is 10.1. The highest BCUT2D eigenvalue weighted by Gasteiger charge is 2.36. The Kier molecular flexibility index (Phi) is 4.79. The van der Waals surface area contributed by atoms with Crippen LogP contribution in [0.3, 0.4) is 0 Å². The van der Waals surface area contributed by atoms with Gasteiger partial charge in [-0.2, -0.15) is 0 Å². The molecule has 0 N–H and O–H groups in total. The van der Waals surface area contributed by atoms with Crippen molar-refractivity contribution in [2.24, 2.45) is 0 Å². The van der Waals surface area contributed by atoms with E-state index in [-0.39, 0.29) is 12.5 Å². The van der Waals surface area contributed by atoms with Crippen LogP contribution in [0, 0.1) is 6.92 Å². The van der Waals surface area contributed by atoms with E-state index in [9.17, 15) is 9.59 Å². The average Bonchev–Trinajstić information content (AvgIpc) is 3.14. The Morgan fingerprint density at radius 1 is 1.25 bits per heavy atom. The smallest absolute Gasteiger partial charge is 0.348 e. The number of anilines is 1. The van der Waals surface area contributed by atoms with E-state index in [0.29, 0.717) is 22.0 Å². The Morgan fingerprint density at radius 3 is 2.82 bits per heavy atom. The third-order valence-electron chi connectivity index (χ3n) is 4.38. The van der Waals surface area contributed by atoms with Crippen molar-refractivity contribution in [3.05, 3.63) is 59.4 Å². The predicted molar refractivity (Wildman–Crippen MR) is 105 cm³/mol. The van der Waals surface area contributed by atoms with Crippen LogP contribution in [-0.4, -0.2) is 41.6 Å². The summed E-state index contributed by atoms with van der Waals surface area (Å²) in [7, 11) is 1.30. The molecule has 1 amide bonds. The fourth-order valence-electron chi connectivity index (χ4n) is 3.01. The number of carbonyl (C=O) groups is 2. The number of thiazole rings is 1. The molecule has 2 aromatic heterocycles. The number of aromatic nitrogens is 2. The highest BCUT2D eigenvalue weighted by Crippen LogP contribution is 2.36. The molecule has 28 heavy (non-hydrogen) atoms. The SMILES string of the molecule is COC(=O)[C@H]1CN(C(=O)c2sc(-c3cccnc3)nc2C)c2ccccc2O1. The summed E-state index contributed by atoms with van der Waals surface area (Å²) >= 11 is 1.31. The maximum Gasteiger partial charge on any atom is 0.348 e. The summed E-state index contributed by atoms with van der Waals surface area (Å²) in [5, 5.41) is 0.722. The molecule has 142 valence electrons. The third kappa shape index (κ3) is 3.22. The number of methoxy groups -OCH3 is 1. The van der Waals surface area contributed by atoms with Crippen molar-refractivity contribution in [2.45, 2.75) is 13.0 Å². The van der Waals surface area contributed by atoms with E-state index >= 15 is 0 Å². The van der Waals surface area contributed by atoms with Gasteiger partial charge in [0.1, 0.15) is 15.6 Å². The topological polar surface area (TPSA) is 81.6 Å². The standard InChI is InChI=1S/C20H17N3O4S/c1-12-17(28-18(22-12)13-6-5-9-21-10-13)19(24)23-11-16(20(25)26-2)27-15-8-4-3-7-14(15)23/h3-10,16H,11H2,1-2H3/t16-/m1/s1. The summed E-state index contributed by atoms with van der Waals surface area (Å²) in [5.41, 5.74) is 2.10. The number of para-hydroxylation sites is 2. The predicted octanol–water partition coefficient (Wildman–Crippen LogP) is 3.09. The van der Waals surface area contributed by atoms with Crippen molar-refractivity contribution >= 4 is 28.9 Å². The third-order valence-corrected chi connectivity index (χ3v) is 5.58. The van der Waals surface area contributed by atoms with Gasteiger partial charge in [-0.25, -0.2) is 9.78 Å². The first-order valence-corrected chi connectivity index (χ1v) is 9.43. The van der Waals surface area contributed by atoms with Gasteiger partial charge >= 0.3 is 5.97 Å². The van der Waals surface area contributed by atoms with Crippen LogP contribution in [0.5, 0.6) is 5.75 Å². The normalized spacial score (nSPS) is 15.5. The van der Waals surface area contributed by atoms with Gasteiger partial charge in [0, 0.05) is 18.0 Å². The molecule has 0 radical (unpaired) electrons. The summed E-state index contributed by atoms with van der Waals surface area (Å²) in [6.45, 7) is 1.87. The number of rotatable bonds is 3. The molecular formula is C20H17N3O4S. The van der Waals surface area contributed by atoms with E-state index in [4.69, 9.17) is 9.47 Å². The first kappa shape index (κ1) is 18.1. The van der Waals surface area contributed by atoms with Gasteiger partial charge in [-0.05, 0) is 31.2 Å². The van der Waals surface area contributed by atoms with E-state index in [2.05, 4.69) is 9.97 Å². The number of amides is 1. The lowest BCUT2D eigenvalue weighted by Gasteiger charge is -2.33. The van der Waals surface area contributed by atoms with Gasteiger partial charge in [0.25, 0.3) is 5.91 Å². The number of hydrogen-bond donors (Lipinski definition) is 0. The summed E-state index contributed by atoms with van der Waals surface area (Å²) < 4.78 is 10.5. The maximum atomic E-state index is 13.4. The second kappa shape index (κ2) is 7.40. The lowest BCUT2D eigenvalue weighted by Crippen LogP contribution is -2.47. The van der Waals surface area contributed by atoms with Crippen molar-refractivity contribution in [1.29, 1.82) is 0 Å². The molecule has 4 rings (SSSR count). The van der Waals surface area contributed by atoms with Crippen LogP contribution in [0.4, 0.5) is 5.69 Å². The number of carbonyl (C=O) groups excluding carboxylic acids is 2. The molecule has 1 aliphatic heterocycles. The number of esters is 1. The van der Waals surface area contributed by atoms with Crippen LogP contribution >= 0.6 is 11.3 Å². The number of hydrogen-bond acceptors (Lipinski definition) is 7. The molecule has 0 aliphatic carbocycles. The first-order valence-electron chi connectivity index (χ1n) is 8.61. The van der Waals surface area contributed by atoms with E-state index in [1.54, 1.807) is 42.4 Å². The van der Waals surface area contributed by atoms with Gasteiger partial charge in [0.2, 0.25) is 6.10 Å². The molecule has 3 aromatic rings. The van der Waals surface area contributed by atoms with Crippen molar-refractivity contribution in [1.82, 2.24) is 9.97 Å².